The summed E-state index contributed by atoms with van der Waals surface area (Å²) >= 11 is 9.63. The monoisotopic (exact) mass is 328 g/mol. The van der Waals surface area contributed by atoms with E-state index < -0.39 is 0 Å². The maximum Gasteiger partial charge on any atom is 0.136 e. The number of anilines is 2. The van der Waals surface area contributed by atoms with Gasteiger partial charge in [0.05, 0.1) is 33.7 Å². The van der Waals surface area contributed by atoms with E-state index in [0.717, 1.165) is 26.6 Å². The molecule has 0 spiro atoms. The van der Waals surface area contributed by atoms with E-state index >= 15 is 0 Å². The van der Waals surface area contributed by atoms with Crippen LogP contribution in [0.4, 0.5) is 11.4 Å². The largest absolute Gasteiger partial charge is 0.466 e. The van der Waals surface area contributed by atoms with E-state index in [1.807, 2.05) is 43.3 Å². The summed E-state index contributed by atoms with van der Waals surface area (Å²) in [6.45, 7) is 0.606. The van der Waals surface area contributed by atoms with E-state index in [9.17, 15) is 0 Å². The van der Waals surface area contributed by atoms with Crippen LogP contribution < -0.4 is 10.2 Å². The van der Waals surface area contributed by atoms with E-state index in [1.165, 1.54) is 0 Å². The number of nitrogens with one attached hydrogen (secondary N) is 1. The SMILES string of the molecule is CN(C)c1c(Cl)cccc1NCc1occc1Br. The smallest absolute Gasteiger partial charge is 0.136 e. The highest BCUT2D eigenvalue weighted by atomic mass is 79.9. The van der Waals surface area contributed by atoms with Crippen molar-refractivity contribution in [3.63, 3.8) is 0 Å². The molecule has 0 amide bonds. The first-order valence-electron chi connectivity index (χ1n) is 5.51. The van der Waals surface area contributed by atoms with E-state index in [1.54, 1.807) is 6.26 Å². The van der Waals surface area contributed by atoms with Crippen molar-refractivity contribution in [2.24, 2.45) is 0 Å². The molecule has 0 aliphatic carbocycles. The van der Waals surface area contributed by atoms with Gasteiger partial charge in [-0.1, -0.05) is 17.7 Å². The second kappa shape index (κ2) is 5.67. The van der Waals surface area contributed by atoms with Crippen LogP contribution in [0.5, 0.6) is 0 Å². The van der Waals surface area contributed by atoms with E-state index in [2.05, 4.69) is 21.2 Å². The average Bonchev–Trinajstić information content (AvgIpc) is 2.71. The fourth-order valence-electron chi connectivity index (χ4n) is 1.74. The second-order valence-electron chi connectivity index (χ2n) is 4.08. The van der Waals surface area contributed by atoms with Crippen molar-refractivity contribution in [1.82, 2.24) is 0 Å². The number of hydrogen-bond donors (Lipinski definition) is 1. The molecule has 1 aromatic heterocycles. The molecule has 18 heavy (non-hydrogen) atoms. The third-order valence-corrected chi connectivity index (χ3v) is 3.58. The Balaban J connectivity index is 2.19. The third-order valence-electron chi connectivity index (χ3n) is 2.56. The van der Waals surface area contributed by atoms with Gasteiger partial charge in [0.2, 0.25) is 0 Å². The van der Waals surface area contributed by atoms with Crippen LogP contribution >= 0.6 is 27.5 Å². The molecular weight excluding hydrogens is 316 g/mol. The number of para-hydroxylation sites is 1. The summed E-state index contributed by atoms with van der Waals surface area (Å²) in [5, 5.41) is 4.05. The van der Waals surface area contributed by atoms with E-state index in [-0.39, 0.29) is 0 Å². The number of rotatable bonds is 4. The van der Waals surface area contributed by atoms with Gasteiger partial charge in [-0.15, -0.1) is 0 Å². The van der Waals surface area contributed by atoms with Gasteiger partial charge in [0.25, 0.3) is 0 Å². The van der Waals surface area contributed by atoms with Crippen molar-refractivity contribution in [2.75, 3.05) is 24.3 Å². The minimum Gasteiger partial charge on any atom is -0.466 e. The summed E-state index contributed by atoms with van der Waals surface area (Å²) in [6, 6.07) is 7.68. The molecule has 0 unspecified atom stereocenters. The van der Waals surface area contributed by atoms with Crippen LogP contribution in [0.2, 0.25) is 5.02 Å². The second-order valence-corrected chi connectivity index (χ2v) is 5.34. The lowest BCUT2D eigenvalue weighted by molar-refractivity contribution is 0.516. The van der Waals surface area contributed by atoms with E-state index in [0.29, 0.717) is 6.54 Å². The van der Waals surface area contributed by atoms with Crippen LogP contribution in [0, 0.1) is 0 Å². The topological polar surface area (TPSA) is 28.4 Å². The van der Waals surface area contributed by atoms with Crippen LogP contribution in [-0.4, -0.2) is 14.1 Å². The van der Waals surface area contributed by atoms with Crippen LogP contribution in [0.25, 0.3) is 0 Å². The number of nitrogens with zero attached hydrogens (tertiary/aromatic N) is 1. The fraction of sp³-hybridized carbons (Fsp3) is 0.231. The molecule has 1 N–H and O–H groups in total. The first-order valence-corrected chi connectivity index (χ1v) is 6.68. The molecule has 0 aliphatic heterocycles. The molecule has 2 rings (SSSR count). The molecule has 5 heteroatoms. The van der Waals surface area contributed by atoms with Crippen LogP contribution in [0.1, 0.15) is 5.76 Å². The van der Waals surface area contributed by atoms with Crippen molar-refractivity contribution in [1.29, 1.82) is 0 Å². The third kappa shape index (κ3) is 2.82. The van der Waals surface area contributed by atoms with Crippen LogP contribution in [0.3, 0.4) is 0 Å². The van der Waals surface area contributed by atoms with Crippen LogP contribution in [-0.2, 0) is 6.54 Å². The van der Waals surface area contributed by atoms with Gasteiger partial charge in [0.1, 0.15) is 5.76 Å². The Hall–Kier alpha value is -1.13. The average molecular weight is 330 g/mol. The van der Waals surface area contributed by atoms with Gasteiger partial charge >= 0.3 is 0 Å². The maximum atomic E-state index is 6.20. The zero-order chi connectivity index (χ0) is 13.1. The Morgan fingerprint density at radius 2 is 2.11 bits per heavy atom. The normalized spacial score (nSPS) is 10.4. The Morgan fingerprint density at radius 1 is 1.33 bits per heavy atom. The lowest BCUT2D eigenvalue weighted by Crippen LogP contribution is -2.12. The summed E-state index contributed by atoms with van der Waals surface area (Å²) in [6.07, 6.45) is 1.66. The standard InChI is InChI=1S/C13H14BrClN2O/c1-17(2)13-10(15)4-3-5-11(13)16-8-12-9(14)6-7-18-12/h3-7,16H,8H2,1-2H3. The predicted octanol–water partition coefficient (Wildman–Crippen LogP) is 4.37. The lowest BCUT2D eigenvalue weighted by atomic mass is 10.2. The first-order chi connectivity index (χ1) is 8.59. The van der Waals surface area contributed by atoms with Gasteiger partial charge in [-0.2, -0.15) is 0 Å². The Kier molecular flexibility index (Phi) is 4.19. The molecule has 0 bridgehead atoms. The molecule has 0 atom stereocenters. The number of furan rings is 1. The highest BCUT2D eigenvalue weighted by molar-refractivity contribution is 9.10. The quantitative estimate of drug-likeness (QED) is 0.902. The molecule has 1 heterocycles. The zero-order valence-electron chi connectivity index (χ0n) is 10.2. The molecule has 0 saturated carbocycles. The van der Waals surface area contributed by atoms with Crippen molar-refractivity contribution < 1.29 is 4.42 Å². The Labute approximate surface area is 120 Å². The van der Waals surface area contributed by atoms with Gasteiger partial charge < -0.3 is 14.6 Å². The van der Waals surface area contributed by atoms with Crippen molar-refractivity contribution in [2.45, 2.75) is 6.54 Å². The minimum atomic E-state index is 0.606. The van der Waals surface area contributed by atoms with Crippen molar-refractivity contribution >= 4 is 38.9 Å². The first kappa shape index (κ1) is 13.3. The summed E-state index contributed by atoms with van der Waals surface area (Å²) in [7, 11) is 3.93. The molecular formula is C13H14BrClN2O. The van der Waals surface area contributed by atoms with Crippen LogP contribution in [0.15, 0.2) is 39.4 Å². The van der Waals surface area contributed by atoms with Gasteiger partial charge in [-0.25, -0.2) is 0 Å². The summed E-state index contributed by atoms with van der Waals surface area (Å²) in [5.74, 6) is 0.861. The Bertz CT molecular complexity index is 540. The van der Waals surface area contributed by atoms with Gasteiger partial charge in [0, 0.05) is 14.1 Å². The molecule has 2 aromatic rings. The molecule has 1 aromatic carbocycles. The predicted molar refractivity (Wildman–Crippen MR) is 79.5 cm³/mol. The van der Waals surface area contributed by atoms with Gasteiger partial charge in [0.15, 0.2) is 0 Å². The highest BCUT2D eigenvalue weighted by Gasteiger charge is 2.10. The lowest BCUT2D eigenvalue weighted by Gasteiger charge is -2.19. The molecule has 0 saturated heterocycles. The minimum absolute atomic E-state index is 0.606. The summed E-state index contributed by atoms with van der Waals surface area (Å²) in [4.78, 5) is 1.99. The summed E-state index contributed by atoms with van der Waals surface area (Å²) in [5.41, 5.74) is 1.96. The Morgan fingerprint density at radius 3 is 2.72 bits per heavy atom. The van der Waals surface area contributed by atoms with Crippen molar-refractivity contribution in [3.05, 3.63) is 45.8 Å². The number of benzene rings is 1. The fourth-order valence-corrected chi connectivity index (χ4v) is 2.42. The summed E-state index contributed by atoms with van der Waals surface area (Å²) < 4.78 is 6.32. The van der Waals surface area contributed by atoms with E-state index in [4.69, 9.17) is 16.0 Å². The molecule has 0 aliphatic rings. The highest BCUT2D eigenvalue weighted by Crippen LogP contribution is 2.33. The molecule has 0 fully saturated rings. The van der Waals surface area contributed by atoms with Gasteiger partial charge in [-0.05, 0) is 34.1 Å². The number of halogens is 2. The number of hydrogen-bond acceptors (Lipinski definition) is 3. The molecule has 96 valence electrons. The maximum absolute atomic E-state index is 6.20. The van der Waals surface area contributed by atoms with Crippen molar-refractivity contribution in [3.8, 4) is 0 Å². The zero-order valence-corrected chi connectivity index (χ0v) is 12.5. The molecule has 3 nitrogen and oxygen atoms in total. The van der Waals surface area contributed by atoms with Gasteiger partial charge in [-0.3, -0.25) is 0 Å². The molecule has 0 radical (unpaired) electrons.